The van der Waals surface area contributed by atoms with E-state index in [1.807, 2.05) is 0 Å². The monoisotopic (exact) mass is 219 g/mol. The molecule has 6 heteroatoms. The molecule has 0 aliphatic heterocycles. The summed E-state index contributed by atoms with van der Waals surface area (Å²) < 4.78 is 6.15. The number of hydrogen-bond acceptors (Lipinski definition) is 5. The molecule has 0 saturated heterocycles. The van der Waals surface area contributed by atoms with E-state index in [1.165, 1.54) is 23.9 Å². The maximum Gasteiger partial charge on any atom is 0.309 e. The highest BCUT2D eigenvalue weighted by atomic mass is 16.5. The second-order valence-corrected chi connectivity index (χ2v) is 3.11. The number of hydrogen-bond donors (Lipinski definition) is 1. The van der Waals surface area contributed by atoms with E-state index >= 15 is 0 Å². The first-order valence-corrected chi connectivity index (χ1v) is 4.55. The van der Waals surface area contributed by atoms with Crippen LogP contribution in [0.3, 0.4) is 0 Å². The number of carbonyl (C=O) groups is 1. The predicted octanol–water partition coefficient (Wildman–Crippen LogP) is 0.898. The smallest absolute Gasteiger partial charge is 0.309 e. The number of esters is 1. The van der Waals surface area contributed by atoms with Crippen molar-refractivity contribution in [2.45, 2.75) is 6.92 Å². The van der Waals surface area contributed by atoms with E-state index in [0.29, 0.717) is 5.69 Å². The lowest BCUT2D eigenvalue weighted by atomic mass is 10.3. The summed E-state index contributed by atoms with van der Waals surface area (Å²) in [5.74, 6) is -0.208. The van der Waals surface area contributed by atoms with Gasteiger partial charge in [0.1, 0.15) is 5.75 Å². The van der Waals surface area contributed by atoms with Gasteiger partial charge < -0.3 is 9.84 Å². The van der Waals surface area contributed by atoms with E-state index in [9.17, 15) is 9.90 Å². The Morgan fingerprint density at radius 1 is 1.50 bits per heavy atom. The zero-order chi connectivity index (χ0) is 11.5. The molecular formula is C10H9N3O3. The SMILES string of the molecule is CC(=O)Oc1cn(-c2cccc(O)c2)nn1. The fourth-order valence-corrected chi connectivity index (χ4v) is 1.20. The van der Waals surface area contributed by atoms with Gasteiger partial charge in [-0.3, -0.25) is 4.79 Å². The molecule has 0 spiro atoms. The fourth-order valence-electron chi connectivity index (χ4n) is 1.20. The summed E-state index contributed by atoms with van der Waals surface area (Å²) in [5, 5.41) is 16.7. The van der Waals surface area contributed by atoms with Crippen molar-refractivity contribution in [1.29, 1.82) is 0 Å². The van der Waals surface area contributed by atoms with E-state index in [-0.39, 0.29) is 11.6 Å². The van der Waals surface area contributed by atoms with Crippen LogP contribution in [0.2, 0.25) is 0 Å². The van der Waals surface area contributed by atoms with Gasteiger partial charge in [0.05, 0.1) is 11.9 Å². The van der Waals surface area contributed by atoms with Gasteiger partial charge in [-0.05, 0) is 12.1 Å². The second-order valence-electron chi connectivity index (χ2n) is 3.11. The number of aromatic hydroxyl groups is 1. The Kier molecular flexibility index (Phi) is 2.55. The van der Waals surface area contributed by atoms with Crippen molar-refractivity contribution in [2.24, 2.45) is 0 Å². The van der Waals surface area contributed by atoms with Crippen molar-refractivity contribution in [3.8, 4) is 17.3 Å². The second kappa shape index (κ2) is 4.01. The Bertz CT molecular complexity index is 522. The van der Waals surface area contributed by atoms with Gasteiger partial charge in [-0.15, -0.1) is 0 Å². The number of rotatable bonds is 2. The predicted molar refractivity (Wildman–Crippen MR) is 54.3 cm³/mol. The highest BCUT2D eigenvalue weighted by Crippen LogP contribution is 2.15. The highest BCUT2D eigenvalue weighted by molar-refractivity contribution is 5.68. The average Bonchev–Trinajstić information content (AvgIpc) is 2.65. The van der Waals surface area contributed by atoms with Crippen LogP contribution in [0.5, 0.6) is 11.6 Å². The normalized spacial score (nSPS) is 10.1. The van der Waals surface area contributed by atoms with Gasteiger partial charge in [-0.1, -0.05) is 16.4 Å². The van der Waals surface area contributed by atoms with Crippen molar-refractivity contribution < 1.29 is 14.6 Å². The van der Waals surface area contributed by atoms with E-state index in [4.69, 9.17) is 4.74 Å². The summed E-state index contributed by atoms with van der Waals surface area (Å²) in [6.07, 6.45) is 1.45. The third kappa shape index (κ3) is 2.17. The van der Waals surface area contributed by atoms with E-state index in [0.717, 1.165) is 0 Å². The molecule has 1 aromatic carbocycles. The van der Waals surface area contributed by atoms with Crippen molar-refractivity contribution in [1.82, 2.24) is 15.0 Å². The first-order chi connectivity index (χ1) is 7.65. The van der Waals surface area contributed by atoms with Gasteiger partial charge in [0.25, 0.3) is 5.88 Å². The molecular weight excluding hydrogens is 210 g/mol. The highest BCUT2D eigenvalue weighted by Gasteiger charge is 2.05. The van der Waals surface area contributed by atoms with Crippen LogP contribution >= 0.6 is 0 Å². The Morgan fingerprint density at radius 2 is 2.31 bits per heavy atom. The van der Waals surface area contributed by atoms with Crippen LogP contribution in [0.4, 0.5) is 0 Å². The first-order valence-electron chi connectivity index (χ1n) is 4.55. The Morgan fingerprint density at radius 3 is 3.00 bits per heavy atom. The molecule has 0 amide bonds. The lowest BCUT2D eigenvalue weighted by Gasteiger charge is -1.99. The minimum Gasteiger partial charge on any atom is -0.508 e. The van der Waals surface area contributed by atoms with Crippen LogP contribution < -0.4 is 4.74 Å². The molecule has 0 fully saturated rings. The maximum absolute atomic E-state index is 10.7. The van der Waals surface area contributed by atoms with Crippen LogP contribution in [0.1, 0.15) is 6.92 Å². The molecule has 6 nitrogen and oxygen atoms in total. The summed E-state index contributed by atoms with van der Waals surface area (Å²) in [6.45, 7) is 1.29. The van der Waals surface area contributed by atoms with E-state index in [1.54, 1.807) is 18.2 Å². The number of ether oxygens (including phenoxy) is 1. The van der Waals surface area contributed by atoms with Gasteiger partial charge in [0.2, 0.25) is 0 Å². The summed E-state index contributed by atoms with van der Waals surface area (Å²) in [6, 6.07) is 6.49. The van der Waals surface area contributed by atoms with E-state index < -0.39 is 5.97 Å². The molecule has 1 heterocycles. The summed E-state index contributed by atoms with van der Waals surface area (Å²) in [5.41, 5.74) is 0.630. The van der Waals surface area contributed by atoms with Gasteiger partial charge in [0, 0.05) is 13.0 Å². The molecule has 0 atom stereocenters. The molecule has 2 rings (SSSR count). The van der Waals surface area contributed by atoms with Gasteiger partial charge >= 0.3 is 5.97 Å². The Balaban J connectivity index is 2.28. The number of carbonyl (C=O) groups excluding carboxylic acids is 1. The number of benzene rings is 1. The van der Waals surface area contributed by atoms with Crippen molar-refractivity contribution in [3.63, 3.8) is 0 Å². The zero-order valence-electron chi connectivity index (χ0n) is 8.49. The molecule has 16 heavy (non-hydrogen) atoms. The zero-order valence-corrected chi connectivity index (χ0v) is 8.49. The topological polar surface area (TPSA) is 77.2 Å². The van der Waals surface area contributed by atoms with Crippen LogP contribution in [0.15, 0.2) is 30.5 Å². The molecule has 0 unspecified atom stereocenters. The number of aromatic nitrogens is 3. The third-order valence-electron chi connectivity index (χ3n) is 1.81. The molecule has 82 valence electrons. The molecule has 1 aromatic heterocycles. The molecule has 0 bridgehead atoms. The lowest BCUT2D eigenvalue weighted by molar-refractivity contribution is -0.132. The maximum atomic E-state index is 10.7. The Labute approximate surface area is 91.1 Å². The molecule has 0 aliphatic carbocycles. The lowest BCUT2D eigenvalue weighted by Crippen LogP contribution is -2.01. The van der Waals surface area contributed by atoms with Crippen LogP contribution in [0, 0.1) is 0 Å². The fraction of sp³-hybridized carbons (Fsp3) is 0.100. The van der Waals surface area contributed by atoms with E-state index in [2.05, 4.69) is 10.3 Å². The van der Waals surface area contributed by atoms with Gasteiger partial charge in [0.15, 0.2) is 0 Å². The number of phenols is 1. The largest absolute Gasteiger partial charge is 0.508 e. The first kappa shape index (κ1) is 10.2. The van der Waals surface area contributed by atoms with Crippen molar-refractivity contribution >= 4 is 5.97 Å². The van der Waals surface area contributed by atoms with Crippen molar-refractivity contribution in [3.05, 3.63) is 30.5 Å². The standard InChI is InChI=1S/C10H9N3O3/c1-7(14)16-10-6-13(12-11-10)8-3-2-4-9(15)5-8/h2-6,15H,1H3. The van der Waals surface area contributed by atoms with Gasteiger partial charge in [-0.2, -0.15) is 0 Å². The summed E-state index contributed by atoms with van der Waals surface area (Å²) >= 11 is 0. The number of nitrogens with zero attached hydrogens (tertiary/aromatic N) is 3. The molecule has 1 N–H and O–H groups in total. The third-order valence-corrected chi connectivity index (χ3v) is 1.81. The average molecular weight is 219 g/mol. The molecule has 2 aromatic rings. The van der Waals surface area contributed by atoms with Gasteiger partial charge in [-0.25, -0.2) is 4.68 Å². The molecule has 0 aliphatic rings. The summed E-state index contributed by atoms with van der Waals surface area (Å²) in [4.78, 5) is 10.7. The Hall–Kier alpha value is -2.37. The molecule has 0 radical (unpaired) electrons. The molecule has 0 saturated carbocycles. The van der Waals surface area contributed by atoms with Crippen LogP contribution in [0.25, 0.3) is 5.69 Å². The minimum absolute atomic E-state index is 0.121. The minimum atomic E-state index is -0.456. The summed E-state index contributed by atoms with van der Waals surface area (Å²) in [7, 11) is 0. The van der Waals surface area contributed by atoms with Crippen LogP contribution in [-0.2, 0) is 4.79 Å². The quantitative estimate of drug-likeness (QED) is 0.759. The van der Waals surface area contributed by atoms with Crippen molar-refractivity contribution in [2.75, 3.05) is 0 Å². The number of phenolic OH excluding ortho intramolecular Hbond substituents is 1. The van der Waals surface area contributed by atoms with Crippen LogP contribution in [-0.4, -0.2) is 26.1 Å².